The van der Waals surface area contributed by atoms with Crippen LogP contribution in [0.4, 0.5) is 0 Å². The smallest absolute Gasteiger partial charge is 0.338 e. The predicted molar refractivity (Wildman–Crippen MR) is 130 cm³/mol. The van der Waals surface area contributed by atoms with Crippen LogP contribution in [-0.2, 0) is 14.2 Å². The third-order valence-corrected chi connectivity index (χ3v) is 6.73. The maximum absolute atomic E-state index is 13.0. The summed E-state index contributed by atoms with van der Waals surface area (Å²) in [7, 11) is 0. The highest BCUT2D eigenvalue weighted by molar-refractivity contribution is 7.99. The maximum Gasteiger partial charge on any atom is 0.338 e. The molecule has 0 bridgehead atoms. The van der Waals surface area contributed by atoms with Gasteiger partial charge in [0, 0.05) is 4.90 Å². The molecule has 3 aromatic carbocycles. The quantitative estimate of drug-likeness (QED) is 0.481. The van der Waals surface area contributed by atoms with E-state index in [2.05, 4.69) is 0 Å². The Morgan fingerprint density at radius 2 is 1.34 bits per heavy atom. The van der Waals surface area contributed by atoms with Crippen molar-refractivity contribution < 1.29 is 34.0 Å². The van der Waals surface area contributed by atoms with Crippen LogP contribution in [0.1, 0.15) is 26.3 Å². The molecular weight excluding hydrogens is 468 g/mol. The molecule has 7 nitrogen and oxygen atoms in total. The summed E-state index contributed by atoms with van der Waals surface area (Å²) in [5, 5.41) is 20.8. The van der Waals surface area contributed by atoms with Gasteiger partial charge in [0.25, 0.3) is 0 Å². The Morgan fingerprint density at radius 1 is 0.829 bits per heavy atom. The molecule has 0 radical (unpaired) electrons. The Balaban J connectivity index is 1.66. The third-order valence-electron chi connectivity index (χ3n) is 5.58. The standard InChI is InChI=1S/C27H26O7S/c1-17-12-14-20(15-13-17)35-27-24(34-26(31)19-10-6-3-7-11-19)23(22(29)21(16-28)32-27)33-25(30)18-8-4-2-5-9-18/h2-15,21-24,27-29H,16H2,1H3/t21-,22+,23+,24-,27+/m1/s1. The van der Waals surface area contributed by atoms with Gasteiger partial charge in [-0.3, -0.25) is 0 Å². The number of aliphatic hydroxyl groups excluding tert-OH is 2. The minimum absolute atomic E-state index is 0.280. The maximum atomic E-state index is 13.0. The number of hydrogen-bond acceptors (Lipinski definition) is 8. The van der Waals surface area contributed by atoms with E-state index in [1.807, 2.05) is 31.2 Å². The van der Waals surface area contributed by atoms with Crippen molar-refractivity contribution in [1.29, 1.82) is 0 Å². The second-order valence-electron chi connectivity index (χ2n) is 8.12. The molecule has 0 saturated carbocycles. The molecule has 2 N–H and O–H groups in total. The molecule has 3 aromatic rings. The zero-order chi connectivity index (χ0) is 24.8. The second-order valence-corrected chi connectivity index (χ2v) is 9.29. The number of carbonyl (C=O) groups excluding carboxylic acids is 2. The first-order valence-corrected chi connectivity index (χ1v) is 12.0. The molecule has 0 unspecified atom stereocenters. The van der Waals surface area contributed by atoms with Gasteiger partial charge in [-0.1, -0.05) is 65.9 Å². The average Bonchev–Trinajstić information content (AvgIpc) is 2.89. The summed E-state index contributed by atoms with van der Waals surface area (Å²) in [5.41, 5.74) is 0.796. The number of thioether (sulfide) groups is 1. The third kappa shape index (κ3) is 6.10. The molecule has 0 aliphatic carbocycles. The summed E-state index contributed by atoms with van der Waals surface area (Å²) in [6.07, 6.45) is -4.89. The van der Waals surface area contributed by atoms with E-state index in [-0.39, 0.29) is 5.56 Å². The van der Waals surface area contributed by atoms with Crippen molar-refractivity contribution in [3.8, 4) is 0 Å². The zero-order valence-corrected chi connectivity index (χ0v) is 19.8. The molecule has 0 amide bonds. The number of carbonyl (C=O) groups is 2. The van der Waals surface area contributed by atoms with Crippen molar-refractivity contribution in [1.82, 2.24) is 0 Å². The van der Waals surface area contributed by atoms with Crippen molar-refractivity contribution in [3.05, 3.63) is 102 Å². The number of rotatable bonds is 7. The van der Waals surface area contributed by atoms with Gasteiger partial charge < -0.3 is 24.4 Å². The van der Waals surface area contributed by atoms with Crippen molar-refractivity contribution in [2.75, 3.05) is 6.61 Å². The van der Waals surface area contributed by atoms with Crippen LogP contribution in [0, 0.1) is 6.92 Å². The molecule has 1 saturated heterocycles. The van der Waals surface area contributed by atoms with Crippen molar-refractivity contribution in [3.63, 3.8) is 0 Å². The van der Waals surface area contributed by atoms with Gasteiger partial charge in [-0.05, 0) is 43.3 Å². The second kappa shape index (κ2) is 11.5. The number of aryl methyl sites for hydroxylation is 1. The molecule has 8 heteroatoms. The fourth-order valence-corrected chi connectivity index (χ4v) is 4.78. The van der Waals surface area contributed by atoms with Gasteiger partial charge in [0.1, 0.15) is 17.6 Å². The van der Waals surface area contributed by atoms with Crippen LogP contribution in [0.5, 0.6) is 0 Å². The van der Waals surface area contributed by atoms with Gasteiger partial charge in [0.2, 0.25) is 0 Å². The van der Waals surface area contributed by atoms with Gasteiger partial charge in [-0.15, -0.1) is 0 Å². The van der Waals surface area contributed by atoms with Gasteiger partial charge >= 0.3 is 11.9 Å². The van der Waals surface area contributed by atoms with Crippen molar-refractivity contribution in [2.45, 2.75) is 41.7 Å². The largest absolute Gasteiger partial charge is 0.452 e. The van der Waals surface area contributed by atoms with E-state index in [9.17, 15) is 19.8 Å². The topological polar surface area (TPSA) is 102 Å². The molecule has 0 aromatic heterocycles. The molecular formula is C27H26O7S. The minimum Gasteiger partial charge on any atom is -0.452 e. The lowest BCUT2D eigenvalue weighted by molar-refractivity contribution is -0.206. The van der Waals surface area contributed by atoms with E-state index in [4.69, 9.17) is 14.2 Å². The fraction of sp³-hybridized carbons (Fsp3) is 0.259. The van der Waals surface area contributed by atoms with Gasteiger partial charge in [0.05, 0.1) is 17.7 Å². The number of ether oxygens (including phenoxy) is 3. The van der Waals surface area contributed by atoms with Crippen molar-refractivity contribution in [2.24, 2.45) is 0 Å². The van der Waals surface area contributed by atoms with E-state index < -0.39 is 48.4 Å². The summed E-state index contributed by atoms with van der Waals surface area (Å²) in [6, 6.07) is 24.4. The Kier molecular flexibility index (Phi) is 8.20. The van der Waals surface area contributed by atoms with Crippen molar-refractivity contribution >= 4 is 23.7 Å². The highest BCUT2D eigenvalue weighted by Crippen LogP contribution is 2.37. The Bertz CT molecular complexity index is 1120. The highest BCUT2D eigenvalue weighted by Gasteiger charge is 2.50. The lowest BCUT2D eigenvalue weighted by Crippen LogP contribution is -2.60. The molecule has 1 aliphatic rings. The fourth-order valence-electron chi connectivity index (χ4n) is 3.68. The summed E-state index contributed by atoms with van der Waals surface area (Å²) < 4.78 is 17.4. The molecule has 5 atom stereocenters. The Hall–Kier alpha value is -3.17. The first-order chi connectivity index (χ1) is 17.0. The van der Waals surface area contributed by atoms with E-state index in [0.29, 0.717) is 5.56 Å². The summed E-state index contributed by atoms with van der Waals surface area (Å²) in [6.45, 7) is 1.46. The lowest BCUT2D eigenvalue weighted by atomic mass is 9.99. The lowest BCUT2D eigenvalue weighted by Gasteiger charge is -2.42. The number of benzene rings is 3. The van der Waals surface area contributed by atoms with E-state index >= 15 is 0 Å². The Morgan fingerprint density at radius 3 is 1.86 bits per heavy atom. The van der Waals surface area contributed by atoms with E-state index in [0.717, 1.165) is 10.5 Å². The van der Waals surface area contributed by atoms with Crippen LogP contribution < -0.4 is 0 Å². The van der Waals surface area contributed by atoms with Gasteiger partial charge in [-0.25, -0.2) is 9.59 Å². The molecule has 0 spiro atoms. The number of esters is 2. The summed E-state index contributed by atoms with van der Waals surface area (Å²) in [5.74, 6) is -1.34. The van der Waals surface area contributed by atoms with E-state index in [1.54, 1.807) is 60.7 Å². The van der Waals surface area contributed by atoms with E-state index in [1.165, 1.54) is 11.8 Å². The molecule has 182 valence electrons. The predicted octanol–water partition coefficient (Wildman–Crippen LogP) is 3.62. The zero-order valence-electron chi connectivity index (χ0n) is 19.0. The minimum atomic E-state index is -1.42. The molecule has 4 rings (SSSR count). The number of hydrogen-bond donors (Lipinski definition) is 2. The molecule has 35 heavy (non-hydrogen) atoms. The van der Waals surface area contributed by atoms with Gasteiger partial charge in [-0.2, -0.15) is 0 Å². The summed E-state index contributed by atoms with van der Waals surface area (Å²) >= 11 is 1.25. The van der Waals surface area contributed by atoms with Crippen LogP contribution in [0.3, 0.4) is 0 Å². The van der Waals surface area contributed by atoms with Crippen LogP contribution in [-0.4, -0.2) is 58.6 Å². The highest BCUT2D eigenvalue weighted by atomic mass is 32.2. The van der Waals surface area contributed by atoms with Crippen LogP contribution in [0.25, 0.3) is 0 Å². The SMILES string of the molecule is Cc1ccc(S[C@@H]2O[C@H](CO)[C@H](O)[C@H](OC(=O)c3ccccc3)[C@H]2OC(=O)c2ccccc2)cc1. The average molecular weight is 495 g/mol. The molecule has 1 fully saturated rings. The summed E-state index contributed by atoms with van der Waals surface area (Å²) in [4.78, 5) is 26.7. The normalized spacial score (nSPS) is 23.9. The number of aliphatic hydroxyl groups is 2. The van der Waals surface area contributed by atoms with Crippen LogP contribution in [0.15, 0.2) is 89.8 Å². The monoisotopic (exact) mass is 494 g/mol. The molecule has 1 aliphatic heterocycles. The Labute approximate surface area is 207 Å². The van der Waals surface area contributed by atoms with Gasteiger partial charge in [0.15, 0.2) is 12.2 Å². The first-order valence-electron chi connectivity index (χ1n) is 11.2. The molecule has 1 heterocycles. The van der Waals surface area contributed by atoms with Crippen LogP contribution >= 0.6 is 11.8 Å². The first kappa shape index (κ1) is 24.9. The van der Waals surface area contributed by atoms with Crippen LogP contribution in [0.2, 0.25) is 0 Å².